The van der Waals surface area contributed by atoms with Crippen molar-refractivity contribution in [2.45, 2.75) is 25.9 Å². The maximum absolute atomic E-state index is 12.4. The van der Waals surface area contributed by atoms with E-state index in [0.29, 0.717) is 0 Å². The number of rotatable bonds is 4. The minimum Gasteiger partial charge on any atom is -0.457 e. The zero-order valence-electron chi connectivity index (χ0n) is 13.4. The van der Waals surface area contributed by atoms with Crippen molar-refractivity contribution in [2.24, 2.45) is 0 Å². The zero-order chi connectivity index (χ0) is 16.2. The predicted molar refractivity (Wildman–Crippen MR) is 93.3 cm³/mol. The highest BCUT2D eigenvalue weighted by Crippen LogP contribution is 2.28. The fourth-order valence-corrected chi connectivity index (χ4v) is 2.82. The molecular weight excluding hydrogens is 284 g/mol. The van der Waals surface area contributed by atoms with Gasteiger partial charge in [-0.1, -0.05) is 72.8 Å². The Labute approximate surface area is 136 Å². The van der Waals surface area contributed by atoms with Gasteiger partial charge in [0, 0.05) is 0 Å². The minimum atomic E-state index is -0.278. The van der Waals surface area contributed by atoms with Crippen LogP contribution in [0.2, 0.25) is 0 Å². The third-order valence-corrected chi connectivity index (χ3v) is 4.21. The van der Waals surface area contributed by atoms with E-state index in [1.54, 1.807) is 0 Å². The molecule has 0 aliphatic carbocycles. The van der Waals surface area contributed by atoms with Crippen LogP contribution in [0.1, 0.15) is 37.0 Å². The number of hydrogen-bond acceptors (Lipinski definition) is 2. The lowest BCUT2D eigenvalue weighted by Crippen LogP contribution is -2.15. The number of esters is 1. The van der Waals surface area contributed by atoms with E-state index in [0.717, 1.165) is 21.9 Å². The lowest BCUT2D eigenvalue weighted by atomic mass is 10.00. The van der Waals surface area contributed by atoms with Crippen LogP contribution in [0.3, 0.4) is 0 Å². The molecule has 2 heteroatoms. The van der Waals surface area contributed by atoms with Gasteiger partial charge in [0.25, 0.3) is 0 Å². The Kier molecular flexibility index (Phi) is 4.42. The number of hydrogen-bond donors (Lipinski definition) is 0. The van der Waals surface area contributed by atoms with E-state index >= 15 is 0 Å². The summed E-state index contributed by atoms with van der Waals surface area (Å²) in [6, 6.07) is 24.0. The van der Waals surface area contributed by atoms with Crippen LogP contribution in [0.4, 0.5) is 0 Å². The predicted octanol–water partition coefficient (Wildman–Crippen LogP) is 5.25. The van der Waals surface area contributed by atoms with Crippen LogP contribution in [0.15, 0.2) is 72.8 Å². The van der Waals surface area contributed by atoms with Crippen LogP contribution < -0.4 is 0 Å². The summed E-state index contributed by atoms with van der Waals surface area (Å²) in [5.41, 5.74) is 2.01. The second kappa shape index (κ2) is 6.66. The molecule has 0 aromatic heterocycles. The van der Waals surface area contributed by atoms with Gasteiger partial charge in [0.1, 0.15) is 6.10 Å². The fraction of sp³-hybridized carbons (Fsp3) is 0.190. The molecule has 0 bridgehead atoms. The smallest absolute Gasteiger partial charge is 0.313 e. The highest BCUT2D eigenvalue weighted by atomic mass is 16.5. The van der Waals surface area contributed by atoms with Gasteiger partial charge < -0.3 is 4.74 Å². The molecule has 3 aromatic carbocycles. The number of carbonyl (C=O) groups excluding carboxylic acids is 1. The van der Waals surface area contributed by atoms with E-state index in [1.807, 2.05) is 68.4 Å². The molecule has 0 aliphatic heterocycles. The second-order valence-electron chi connectivity index (χ2n) is 5.78. The monoisotopic (exact) mass is 304 g/mol. The molecule has 2 nitrogen and oxygen atoms in total. The first-order chi connectivity index (χ1) is 11.2. The summed E-state index contributed by atoms with van der Waals surface area (Å²) in [6.45, 7) is 3.81. The third kappa shape index (κ3) is 3.26. The van der Waals surface area contributed by atoms with Gasteiger partial charge in [-0.3, -0.25) is 4.79 Å². The highest BCUT2D eigenvalue weighted by Gasteiger charge is 2.20. The standard InChI is InChI=1S/C21H20O2/c1-15(17-9-4-3-5-10-17)21(22)23-16(2)19-14-8-12-18-11-6-7-13-20(18)19/h3-16H,1-2H3/t15-,16-/m0/s1. The highest BCUT2D eigenvalue weighted by molar-refractivity contribution is 5.86. The molecule has 0 unspecified atom stereocenters. The summed E-state index contributed by atoms with van der Waals surface area (Å²) < 4.78 is 5.72. The van der Waals surface area contributed by atoms with Crippen LogP contribution in [-0.2, 0) is 9.53 Å². The van der Waals surface area contributed by atoms with E-state index in [1.165, 1.54) is 0 Å². The summed E-state index contributed by atoms with van der Waals surface area (Å²) in [5.74, 6) is -0.467. The normalized spacial score (nSPS) is 13.5. The van der Waals surface area contributed by atoms with Crippen molar-refractivity contribution in [3.63, 3.8) is 0 Å². The first kappa shape index (κ1) is 15.3. The van der Waals surface area contributed by atoms with Crippen LogP contribution in [-0.4, -0.2) is 5.97 Å². The lowest BCUT2D eigenvalue weighted by molar-refractivity contribution is -0.150. The Bertz CT molecular complexity index is 803. The van der Waals surface area contributed by atoms with Crippen LogP contribution in [0.25, 0.3) is 10.8 Å². The van der Waals surface area contributed by atoms with Crippen molar-refractivity contribution in [1.29, 1.82) is 0 Å². The van der Waals surface area contributed by atoms with Gasteiger partial charge in [-0.15, -0.1) is 0 Å². The number of fused-ring (bicyclic) bond motifs is 1. The third-order valence-electron chi connectivity index (χ3n) is 4.21. The quantitative estimate of drug-likeness (QED) is 0.615. The lowest BCUT2D eigenvalue weighted by Gasteiger charge is -2.19. The molecule has 2 atom stereocenters. The van der Waals surface area contributed by atoms with E-state index in [9.17, 15) is 4.79 Å². The molecule has 0 N–H and O–H groups in total. The van der Waals surface area contributed by atoms with Gasteiger partial charge in [-0.2, -0.15) is 0 Å². The number of ether oxygens (including phenoxy) is 1. The van der Waals surface area contributed by atoms with Gasteiger partial charge in [-0.25, -0.2) is 0 Å². The first-order valence-electron chi connectivity index (χ1n) is 7.90. The Morgan fingerprint density at radius 2 is 1.48 bits per heavy atom. The van der Waals surface area contributed by atoms with Crippen molar-refractivity contribution >= 4 is 16.7 Å². The average molecular weight is 304 g/mol. The fourth-order valence-electron chi connectivity index (χ4n) is 2.82. The summed E-state index contributed by atoms with van der Waals surface area (Å²) in [5, 5.41) is 2.28. The van der Waals surface area contributed by atoms with E-state index in [2.05, 4.69) is 18.2 Å². The van der Waals surface area contributed by atoms with Gasteiger partial charge in [-0.05, 0) is 35.7 Å². The zero-order valence-corrected chi connectivity index (χ0v) is 13.4. The van der Waals surface area contributed by atoms with Crippen molar-refractivity contribution in [3.8, 4) is 0 Å². The first-order valence-corrected chi connectivity index (χ1v) is 7.90. The summed E-state index contributed by atoms with van der Waals surface area (Å²) >= 11 is 0. The van der Waals surface area contributed by atoms with Crippen molar-refractivity contribution in [2.75, 3.05) is 0 Å². The topological polar surface area (TPSA) is 26.3 Å². The van der Waals surface area contributed by atoms with Crippen molar-refractivity contribution in [3.05, 3.63) is 83.9 Å². The van der Waals surface area contributed by atoms with Gasteiger partial charge >= 0.3 is 5.97 Å². The maximum atomic E-state index is 12.4. The van der Waals surface area contributed by atoms with Gasteiger partial charge in [0.05, 0.1) is 5.92 Å². The molecule has 0 saturated carbocycles. The molecular formula is C21H20O2. The minimum absolute atomic E-state index is 0.198. The number of benzene rings is 3. The summed E-state index contributed by atoms with van der Waals surface area (Å²) in [6.07, 6.45) is -0.278. The number of carbonyl (C=O) groups is 1. The van der Waals surface area contributed by atoms with E-state index in [4.69, 9.17) is 4.74 Å². The molecule has 116 valence electrons. The van der Waals surface area contributed by atoms with Gasteiger partial charge in [0.2, 0.25) is 0 Å². The van der Waals surface area contributed by atoms with Crippen LogP contribution in [0, 0.1) is 0 Å². The Morgan fingerprint density at radius 3 is 2.26 bits per heavy atom. The van der Waals surface area contributed by atoms with Crippen molar-refractivity contribution < 1.29 is 9.53 Å². The van der Waals surface area contributed by atoms with E-state index < -0.39 is 0 Å². The molecule has 0 radical (unpaired) electrons. The summed E-state index contributed by atoms with van der Waals surface area (Å²) in [7, 11) is 0. The van der Waals surface area contributed by atoms with E-state index in [-0.39, 0.29) is 18.0 Å². The van der Waals surface area contributed by atoms with Crippen LogP contribution >= 0.6 is 0 Å². The molecule has 0 amide bonds. The largest absolute Gasteiger partial charge is 0.457 e. The van der Waals surface area contributed by atoms with Crippen molar-refractivity contribution in [1.82, 2.24) is 0 Å². The Balaban J connectivity index is 1.81. The molecule has 0 saturated heterocycles. The van der Waals surface area contributed by atoms with Gasteiger partial charge in [0.15, 0.2) is 0 Å². The molecule has 0 fully saturated rings. The molecule has 0 heterocycles. The second-order valence-corrected chi connectivity index (χ2v) is 5.78. The SMILES string of the molecule is C[C@H](OC(=O)[C@@H](C)c1ccccc1)c1cccc2ccccc12. The van der Waals surface area contributed by atoms with Crippen LogP contribution in [0.5, 0.6) is 0 Å². The molecule has 3 aromatic rings. The molecule has 0 aliphatic rings. The Morgan fingerprint density at radius 1 is 0.826 bits per heavy atom. The molecule has 23 heavy (non-hydrogen) atoms. The average Bonchev–Trinajstić information content (AvgIpc) is 2.61. The Hall–Kier alpha value is -2.61. The maximum Gasteiger partial charge on any atom is 0.313 e. The molecule has 0 spiro atoms. The molecule has 3 rings (SSSR count). The summed E-state index contributed by atoms with van der Waals surface area (Å²) in [4.78, 5) is 12.4.